The van der Waals surface area contributed by atoms with Crippen LogP contribution < -0.4 is 0 Å². The Hall–Kier alpha value is -0.460. The van der Waals surface area contributed by atoms with Crippen LogP contribution in [0.5, 0.6) is 0 Å². The van der Waals surface area contributed by atoms with E-state index in [1.165, 1.54) is 11.3 Å². The number of carbonyl (C=O) groups excluding carboxylic acids is 1. The molecule has 0 saturated heterocycles. The van der Waals surface area contributed by atoms with E-state index in [0.717, 1.165) is 9.35 Å². The molecule has 0 radical (unpaired) electrons. The van der Waals surface area contributed by atoms with Gasteiger partial charge in [-0.15, -0.1) is 11.3 Å². The number of rotatable bonds is 4. The lowest BCUT2D eigenvalue weighted by Gasteiger charge is -2.12. The van der Waals surface area contributed by atoms with Crippen molar-refractivity contribution in [3.05, 3.63) is 20.3 Å². The second kappa shape index (κ2) is 5.75. The molecule has 0 spiro atoms. The first-order valence-corrected chi connectivity index (χ1v) is 6.33. The lowest BCUT2D eigenvalue weighted by Crippen LogP contribution is -2.25. The number of hydrogen-bond donors (Lipinski definition) is 1. The Morgan fingerprint density at radius 1 is 1.75 bits per heavy atom. The Kier molecular flexibility index (Phi) is 4.89. The third-order valence-corrected chi connectivity index (χ3v) is 4.16. The minimum Gasteiger partial charge on any atom is -0.464 e. The Morgan fingerprint density at radius 3 is 2.81 bits per heavy atom. The maximum Gasteiger partial charge on any atom is 0.343 e. The maximum atomic E-state index is 13.5. The van der Waals surface area contributed by atoms with Crippen LogP contribution in [0, 0.1) is 6.92 Å². The van der Waals surface area contributed by atoms with E-state index in [9.17, 15) is 14.3 Å². The first-order chi connectivity index (χ1) is 7.47. The Bertz CT molecular complexity index is 361. The fraction of sp³-hybridized carbons (Fsp3) is 0.500. The van der Waals surface area contributed by atoms with Crippen LogP contribution in [0.1, 0.15) is 22.8 Å². The Morgan fingerprint density at radius 2 is 2.38 bits per heavy atom. The summed E-state index contributed by atoms with van der Waals surface area (Å²) in [6.07, 6.45) is -3.50. The fourth-order valence-electron chi connectivity index (χ4n) is 1.12. The van der Waals surface area contributed by atoms with E-state index in [1.807, 2.05) is 6.92 Å². The summed E-state index contributed by atoms with van der Waals surface area (Å²) in [6, 6.07) is 1.61. The van der Waals surface area contributed by atoms with Crippen molar-refractivity contribution in [3.63, 3.8) is 0 Å². The van der Waals surface area contributed by atoms with Gasteiger partial charge >= 0.3 is 5.97 Å². The van der Waals surface area contributed by atoms with Crippen molar-refractivity contribution >= 4 is 33.2 Å². The molecule has 0 amide bonds. The molecule has 0 bridgehead atoms. The van der Waals surface area contributed by atoms with Gasteiger partial charge in [-0.25, -0.2) is 9.18 Å². The number of thiophene rings is 1. The van der Waals surface area contributed by atoms with Crippen molar-refractivity contribution in [1.82, 2.24) is 0 Å². The molecule has 1 N–H and O–H groups in total. The molecule has 1 heterocycles. The second-order valence-electron chi connectivity index (χ2n) is 3.15. The van der Waals surface area contributed by atoms with E-state index in [2.05, 4.69) is 20.7 Å². The van der Waals surface area contributed by atoms with Gasteiger partial charge in [-0.05, 0) is 35.8 Å². The number of alkyl halides is 1. The molecule has 1 rings (SSSR count). The van der Waals surface area contributed by atoms with Gasteiger partial charge in [0, 0.05) is 14.2 Å². The van der Waals surface area contributed by atoms with E-state index in [0.29, 0.717) is 4.88 Å². The predicted molar refractivity (Wildman–Crippen MR) is 63.2 cm³/mol. The van der Waals surface area contributed by atoms with Crippen LogP contribution in [0.2, 0.25) is 0 Å². The minimum atomic E-state index is -2.04. The summed E-state index contributed by atoms with van der Waals surface area (Å²) >= 11 is 4.50. The molecule has 2 atom stereocenters. The number of aryl methyl sites for hydroxylation is 1. The standard InChI is InChI=1S/C10H12BrFO3S/c1-3-15-10(14)8(12)9(13)7-4-6(11)5(2)16-7/h4,8-9,13H,3H2,1-2H3. The quantitative estimate of drug-likeness (QED) is 0.870. The van der Waals surface area contributed by atoms with Crippen LogP contribution in [0.15, 0.2) is 10.5 Å². The second-order valence-corrected chi connectivity index (χ2v) is 5.29. The highest BCUT2D eigenvalue weighted by Crippen LogP contribution is 2.33. The van der Waals surface area contributed by atoms with Gasteiger partial charge in [0.1, 0.15) is 6.10 Å². The van der Waals surface area contributed by atoms with Crippen molar-refractivity contribution < 1.29 is 19.0 Å². The third-order valence-electron chi connectivity index (χ3n) is 1.96. The van der Waals surface area contributed by atoms with Gasteiger partial charge in [0.05, 0.1) is 6.61 Å². The predicted octanol–water partition coefficient (Wildman–Crippen LogP) is 2.75. The molecule has 0 aromatic carbocycles. The van der Waals surface area contributed by atoms with Crippen molar-refractivity contribution in [2.75, 3.05) is 6.61 Å². The van der Waals surface area contributed by atoms with E-state index >= 15 is 0 Å². The summed E-state index contributed by atoms with van der Waals surface area (Å²) in [5.41, 5.74) is 0. The zero-order valence-corrected chi connectivity index (χ0v) is 11.3. The highest BCUT2D eigenvalue weighted by atomic mass is 79.9. The molecule has 6 heteroatoms. The molecule has 16 heavy (non-hydrogen) atoms. The minimum absolute atomic E-state index is 0.0964. The lowest BCUT2D eigenvalue weighted by atomic mass is 10.2. The molecule has 0 aliphatic rings. The third kappa shape index (κ3) is 3.02. The molecule has 0 aliphatic carbocycles. The highest BCUT2D eigenvalue weighted by molar-refractivity contribution is 9.10. The van der Waals surface area contributed by atoms with Gasteiger partial charge in [0.2, 0.25) is 6.17 Å². The molecule has 1 aromatic rings. The van der Waals surface area contributed by atoms with Crippen molar-refractivity contribution in [2.24, 2.45) is 0 Å². The summed E-state index contributed by atoms with van der Waals surface area (Å²) in [5, 5.41) is 9.64. The van der Waals surface area contributed by atoms with Crippen molar-refractivity contribution in [1.29, 1.82) is 0 Å². The van der Waals surface area contributed by atoms with E-state index < -0.39 is 18.2 Å². The van der Waals surface area contributed by atoms with Crippen LogP contribution in [0.3, 0.4) is 0 Å². The number of ether oxygens (including phenoxy) is 1. The summed E-state index contributed by atoms with van der Waals surface area (Å²) < 4.78 is 18.8. The summed E-state index contributed by atoms with van der Waals surface area (Å²) in [7, 11) is 0. The molecule has 90 valence electrons. The lowest BCUT2D eigenvalue weighted by molar-refractivity contribution is -0.153. The van der Waals surface area contributed by atoms with E-state index in [4.69, 9.17) is 0 Å². The van der Waals surface area contributed by atoms with Gasteiger partial charge in [-0.1, -0.05) is 0 Å². The van der Waals surface area contributed by atoms with Crippen LogP contribution in [-0.2, 0) is 9.53 Å². The zero-order chi connectivity index (χ0) is 12.3. The Labute approximate surface area is 105 Å². The number of carbonyl (C=O) groups is 1. The fourth-order valence-corrected chi connectivity index (χ4v) is 2.69. The summed E-state index contributed by atoms with van der Waals surface area (Å²) in [4.78, 5) is 12.4. The molecular formula is C10H12BrFO3S. The molecule has 0 saturated carbocycles. The number of aliphatic hydroxyl groups is 1. The molecule has 0 fully saturated rings. The molecule has 3 nitrogen and oxygen atoms in total. The summed E-state index contributed by atoms with van der Waals surface area (Å²) in [5.74, 6) is -1.03. The molecule has 0 aliphatic heterocycles. The largest absolute Gasteiger partial charge is 0.464 e. The van der Waals surface area contributed by atoms with E-state index in [-0.39, 0.29) is 6.61 Å². The first-order valence-electron chi connectivity index (χ1n) is 4.72. The average Bonchev–Trinajstić information content (AvgIpc) is 2.57. The first kappa shape index (κ1) is 13.6. The normalized spacial score (nSPS) is 14.6. The SMILES string of the molecule is CCOC(=O)C(F)C(O)c1cc(Br)c(C)s1. The molecular weight excluding hydrogens is 299 g/mol. The van der Waals surface area contributed by atoms with Gasteiger partial charge in [-0.3, -0.25) is 0 Å². The van der Waals surface area contributed by atoms with Crippen molar-refractivity contribution in [2.45, 2.75) is 26.1 Å². The van der Waals surface area contributed by atoms with Gasteiger partial charge < -0.3 is 9.84 Å². The van der Waals surface area contributed by atoms with Gasteiger partial charge in [-0.2, -0.15) is 0 Å². The van der Waals surface area contributed by atoms with Crippen LogP contribution in [-0.4, -0.2) is 23.9 Å². The monoisotopic (exact) mass is 310 g/mol. The summed E-state index contributed by atoms with van der Waals surface area (Å²) in [6.45, 7) is 3.52. The topological polar surface area (TPSA) is 46.5 Å². The zero-order valence-electron chi connectivity index (χ0n) is 8.87. The number of esters is 1. The highest BCUT2D eigenvalue weighted by Gasteiger charge is 2.30. The number of hydrogen-bond acceptors (Lipinski definition) is 4. The van der Waals surface area contributed by atoms with Crippen molar-refractivity contribution in [3.8, 4) is 0 Å². The average molecular weight is 311 g/mol. The van der Waals surface area contributed by atoms with Crippen LogP contribution >= 0.6 is 27.3 Å². The van der Waals surface area contributed by atoms with Crippen LogP contribution in [0.4, 0.5) is 4.39 Å². The molecule has 2 unspecified atom stereocenters. The van der Waals surface area contributed by atoms with Gasteiger partial charge in [0.15, 0.2) is 0 Å². The smallest absolute Gasteiger partial charge is 0.343 e. The molecule has 1 aromatic heterocycles. The van der Waals surface area contributed by atoms with E-state index in [1.54, 1.807) is 13.0 Å². The number of halogens is 2. The van der Waals surface area contributed by atoms with Crippen LogP contribution in [0.25, 0.3) is 0 Å². The van der Waals surface area contributed by atoms with Gasteiger partial charge in [0.25, 0.3) is 0 Å². The number of aliphatic hydroxyl groups excluding tert-OH is 1. The maximum absolute atomic E-state index is 13.5. The Balaban J connectivity index is 2.77.